The van der Waals surface area contributed by atoms with Crippen LogP contribution in [0.5, 0.6) is 5.75 Å². The van der Waals surface area contributed by atoms with Gasteiger partial charge in [-0.2, -0.15) is 4.31 Å². The second-order valence-electron chi connectivity index (χ2n) is 11.3. The molecule has 0 radical (unpaired) electrons. The number of rotatable bonds is 10. The van der Waals surface area contributed by atoms with E-state index in [0.717, 1.165) is 34.9 Å². The van der Waals surface area contributed by atoms with E-state index in [1.165, 1.54) is 28.6 Å². The summed E-state index contributed by atoms with van der Waals surface area (Å²) in [5.74, 6) is 0.382. The van der Waals surface area contributed by atoms with Crippen molar-refractivity contribution in [1.29, 1.82) is 0 Å². The number of carbonyl (C=O) groups excluding carboxylic acids is 1. The van der Waals surface area contributed by atoms with Crippen LogP contribution in [0.3, 0.4) is 0 Å². The minimum atomic E-state index is -4.29. The van der Waals surface area contributed by atoms with Gasteiger partial charge in [-0.3, -0.25) is 4.79 Å². The number of fused-ring (bicyclic) bond motifs is 1. The summed E-state index contributed by atoms with van der Waals surface area (Å²) in [5.41, 5.74) is 2.82. The molecule has 12 heteroatoms. The monoisotopic (exact) mass is 657 g/mol. The summed E-state index contributed by atoms with van der Waals surface area (Å²) in [5, 5.41) is 1.50. The molecule has 0 aliphatic carbocycles. The van der Waals surface area contributed by atoms with Crippen LogP contribution in [-0.4, -0.2) is 51.3 Å². The van der Waals surface area contributed by atoms with Gasteiger partial charge >= 0.3 is 0 Å². The number of amides is 1. The van der Waals surface area contributed by atoms with Crippen molar-refractivity contribution >= 4 is 48.5 Å². The minimum absolute atomic E-state index is 0.0172. The first-order valence-electron chi connectivity index (χ1n) is 14.5. The third-order valence-corrected chi connectivity index (χ3v) is 11.8. The summed E-state index contributed by atoms with van der Waals surface area (Å²) in [7, 11) is -8.02. The van der Waals surface area contributed by atoms with Crippen molar-refractivity contribution in [1.82, 2.24) is 13.6 Å². The van der Waals surface area contributed by atoms with E-state index in [2.05, 4.69) is 11.6 Å². The molecule has 1 amide bonds. The molecule has 2 heterocycles. The Morgan fingerprint density at radius 3 is 2.20 bits per heavy atom. The molecule has 4 aromatic rings. The highest BCUT2D eigenvalue weighted by atomic mass is 35.5. The van der Waals surface area contributed by atoms with E-state index in [0.29, 0.717) is 49.4 Å². The summed E-state index contributed by atoms with van der Waals surface area (Å²) in [6.45, 7) is 7.57. The van der Waals surface area contributed by atoms with E-state index in [9.17, 15) is 21.6 Å². The summed E-state index contributed by atoms with van der Waals surface area (Å²) >= 11 is 6.26. The molecule has 0 spiro atoms. The average Bonchev–Trinajstić information content (AvgIpc) is 3.37. The van der Waals surface area contributed by atoms with Gasteiger partial charge in [-0.05, 0) is 98.7 Å². The van der Waals surface area contributed by atoms with Crippen LogP contribution >= 0.6 is 11.6 Å². The third-order valence-electron chi connectivity index (χ3n) is 7.99. The fraction of sp³-hybridized carbons (Fsp3) is 0.344. The topological polar surface area (TPSA) is 115 Å². The van der Waals surface area contributed by atoms with Gasteiger partial charge in [-0.1, -0.05) is 36.7 Å². The van der Waals surface area contributed by atoms with Crippen LogP contribution in [0.15, 0.2) is 76.5 Å². The van der Waals surface area contributed by atoms with Gasteiger partial charge in [-0.15, -0.1) is 0 Å². The zero-order chi connectivity index (χ0) is 31.6. The number of ether oxygens (including phenoxy) is 1. The van der Waals surface area contributed by atoms with Crippen molar-refractivity contribution in [2.75, 3.05) is 19.7 Å². The molecule has 1 N–H and O–H groups in total. The van der Waals surface area contributed by atoms with Gasteiger partial charge in [0.05, 0.1) is 16.4 Å². The van der Waals surface area contributed by atoms with Gasteiger partial charge in [0.25, 0.3) is 15.9 Å². The maximum Gasteiger partial charge on any atom is 0.281 e. The Bertz CT molecular complexity index is 1870. The van der Waals surface area contributed by atoms with E-state index in [4.69, 9.17) is 16.3 Å². The number of nitrogens with zero attached hydrogens (tertiary/aromatic N) is 2. The van der Waals surface area contributed by atoms with Crippen LogP contribution in [0.1, 0.15) is 47.8 Å². The van der Waals surface area contributed by atoms with Gasteiger partial charge in [-0.25, -0.2) is 21.6 Å². The average molecular weight is 658 g/mol. The van der Waals surface area contributed by atoms with E-state index in [1.807, 2.05) is 50.2 Å². The number of nitrogens with one attached hydrogen (secondary N) is 1. The molecule has 1 aromatic heterocycles. The molecule has 5 rings (SSSR count). The normalized spacial score (nSPS) is 15.0. The van der Waals surface area contributed by atoms with E-state index < -0.39 is 26.0 Å². The van der Waals surface area contributed by atoms with Crippen LogP contribution in [0.4, 0.5) is 0 Å². The third kappa shape index (κ3) is 6.81. The fourth-order valence-corrected chi connectivity index (χ4v) is 7.98. The SMILES string of the molecule is Cc1cc(OCCCn2c(C(=O)NS(=O)(=O)c3ccc(S(=O)(=O)N4CCC(C)CC4)cc3)cc3ccccc32)cc(C)c1Cl. The predicted molar refractivity (Wildman–Crippen MR) is 171 cm³/mol. The van der Waals surface area contributed by atoms with Crippen LogP contribution in [0.2, 0.25) is 5.02 Å². The molecule has 0 atom stereocenters. The van der Waals surface area contributed by atoms with E-state index >= 15 is 0 Å². The van der Waals surface area contributed by atoms with Crippen molar-refractivity contribution in [3.05, 3.63) is 88.6 Å². The summed E-state index contributed by atoms with van der Waals surface area (Å²) in [6, 6.07) is 17.8. The Labute approximate surface area is 263 Å². The number of benzene rings is 3. The Balaban J connectivity index is 1.30. The zero-order valence-corrected chi connectivity index (χ0v) is 27.3. The fourth-order valence-electron chi connectivity index (χ4n) is 5.44. The first kappa shape index (κ1) is 32.0. The van der Waals surface area contributed by atoms with E-state index in [-0.39, 0.29) is 15.5 Å². The Hall–Kier alpha value is -3.38. The largest absolute Gasteiger partial charge is 0.494 e. The van der Waals surface area contributed by atoms with Gasteiger partial charge in [0, 0.05) is 35.6 Å². The van der Waals surface area contributed by atoms with Crippen LogP contribution in [-0.2, 0) is 26.6 Å². The number of aromatic nitrogens is 1. The maximum atomic E-state index is 13.4. The summed E-state index contributed by atoms with van der Waals surface area (Å²) < 4.78 is 63.8. The molecule has 0 unspecified atom stereocenters. The predicted octanol–water partition coefficient (Wildman–Crippen LogP) is 5.92. The van der Waals surface area contributed by atoms with Crippen LogP contribution < -0.4 is 9.46 Å². The molecule has 0 saturated carbocycles. The summed E-state index contributed by atoms with van der Waals surface area (Å²) in [6.07, 6.45) is 2.12. The number of piperidine rings is 1. The number of para-hydroxylation sites is 1. The first-order valence-corrected chi connectivity index (χ1v) is 17.8. The highest BCUT2D eigenvalue weighted by Gasteiger charge is 2.29. The second-order valence-corrected chi connectivity index (χ2v) is 15.3. The molecule has 44 heavy (non-hydrogen) atoms. The van der Waals surface area contributed by atoms with Gasteiger partial charge < -0.3 is 9.30 Å². The zero-order valence-electron chi connectivity index (χ0n) is 24.9. The molecule has 1 saturated heterocycles. The molecule has 1 aliphatic rings. The standard InChI is InChI=1S/C32H36ClN3O6S2/c1-22-13-16-35(17-14-22)44(40,41)28-11-9-27(10-12-28)43(38,39)34-32(37)30-21-25-7-4-5-8-29(25)36(30)15-6-18-42-26-19-23(2)31(33)24(3)20-26/h4-5,7-12,19-22H,6,13-18H2,1-3H3,(H,34,37). The van der Waals surface area contributed by atoms with Crippen LogP contribution in [0.25, 0.3) is 10.9 Å². The molecule has 234 valence electrons. The number of hydrogen-bond donors (Lipinski definition) is 1. The minimum Gasteiger partial charge on any atom is -0.494 e. The number of halogens is 1. The molecule has 0 bridgehead atoms. The summed E-state index contributed by atoms with van der Waals surface area (Å²) in [4.78, 5) is 13.2. The highest BCUT2D eigenvalue weighted by molar-refractivity contribution is 7.90. The second kappa shape index (κ2) is 12.9. The van der Waals surface area contributed by atoms with E-state index in [1.54, 1.807) is 10.6 Å². The molecular weight excluding hydrogens is 622 g/mol. The van der Waals surface area contributed by atoms with Gasteiger partial charge in [0.2, 0.25) is 10.0 Å². The Kier molecular flexibility index (Phi) is 9.41. The first-order chi connectivity index (χ1) is 20.9. The lowest BCUT2D eigenvalue weighted by Gasteiger charge is -2.29. The van der Waals surface area contributed by atoms with Gasteiger partial charge in [0.1, 0.15) is 11.4 Å². The number of aryl methyl sites for hydroxylation is 3. The molecule has 9 nitrogen and oxygen atoms in total. The lowest BCUT2D eigenvalue weighted by atomic mass is 10.0. The van der Waals surface area contributed by atoms with Crippen molar-refractivity contribution in [2.24, 2.45) is 5.92 Å². The van der Waals surface area contributed by atoms with Crippen molar-refractivity contribution in [2.45, 2.75) is 56.4 Å². The van der Waals surface area contributed by atoms with Crippen molar-refractivity contribution in [3.63, 3.8) is 0 Å². The maximum absolute atomic E-state index is 13.4. The van der Waals surface area contributed by atoms with Crippen molar-refractivity contribution in [3.8, 4) is 5.75 Å². The lowest BCUT2D eigenvalue weighted by Crippen LogP contribution is -2.37. The highest BCUT2D eigenvalue weighted by Crippen LogP contribution is 2.27. The Morgan fingerprint density at radius 2 is 1.55 bits per heavy atom. The molecule has 1 fully saturated rings. The number of sulfonamides is 2. The lowest BCUT2D eigenvalue weighted by molar-refractivity contribution is 0.0972. The molecular formula is C32H36ClN3O6S2. The molecule has 1 aliphatic heterocycles. The molecule has 3 aromatic carbocycles. The Morgan fingerprint density at radius 1 is 0.932 bits per heavy atom. The van der Waals surface area contributed by atoms with Crippen molar-refractivity contribution < 1.29 is 26.4 Å². The number of carbonyl (C=O) groups is 1. The number of hydrogen-bond acceptors (Lipinski definition) is 6. The quantitative estimate of drug-likeness (QED) is 0.212. The van der Waals surface area contributed by atoms with Crippen LogP contribution in [0, 0.1) is 19.8 Å². The van der Waals surface area contributed by atoms with Gasteiger partial charge in [0.15, 0.2) is 0 Å². The smallest absolute Gasteiger partial charge is 0.281 e.